The number of ether oxygens (including phenoxy) is 1. The molecular weight excluding hydrogens is 222 g/mol. The highest BCUT2D eigenvalue weighted by Gasteiger charge is 2.14. The third-order valence-corrected chi connectivity index (χ3v) is 2.96. The van der Waals surface area contributed by atoms with Crippen molar-refractivity contribution in [1.82, 2.24) is 4.98 Å². The first-order chi connectivity index (χ1) is 7.65. The number of nitrogens with one attached hydrogen (secondary N) is 1. The minimum Gasteiger partial charge on any atom is -0.465 e. The second-order valence-corrected chi connectivity index (χ2v) is 3.90. The van der Waals surface area contributed by atoms with E-state index in [1.54, 1.807) is 0 Å². The first-order valence-electron chi connectivity index (χ1n) is 4.85. The van der Waals surface area contributed by atoms with Crippen molar-refractivity contribution in [3.8, 4) is 0 Å². The second-order valence-electron chi connectivity index (χ2n) is 3.49. The molecule has 0 unspecified atom stereocenters. The van der Waals surface area contributed by atoms with E-state index in [1.807, 2.05) is 31.2 Å². The Morgan fingerprint density at radius 2 is 2.06 bits per heavy atom. The van der Waals surface area contributed by atoms with E-state index in [4.69, 9.17) is 17.0 Å². The molecule has 0 spiro atoms. The van der Waals surface area contributed by atoms with E-state index in [-0.39, 0.29) is 5.97 Å². The van der Waals surface area contributed by atoms with Crippen LogP contribution in [0.25, 0.3) is 10.9 Å². The number of fused-ring (bicyclic) bond motifs is 1. The fourth-order valence-corrected chi connectivity index (χ4v) is 1.92. The SMILES string of the molecule is COC(=O)c1c(C)c(=S)[nH]c2ccccc12. The lowest BCUT2D eigenvalue weighted by atomic mass is 10.0. The van der Waals surface area contributed by atoms with Crippen molar-refractivity contribution in [3.05, 3.63) is 40.0 Å². The average molecular weight is 233 g/mol. The quantitative estimate of drug-likeness (QED) is 0.608. The number of para-hydroxylation sites is 1. The van der Waals surface area contributed by atoms with Gasteiger partial charge in [0.05, 0.1) is 12.7 Å². The highest BCUT2D eigenvalue weighted by Crippen LogP contribution is 2.21. The molecule has 0 aliphatic heterocycles. The van der Waals surface area contributed by atoms with Crippen LogP contribution in [0.1, 0.15) is 15.9 Å². The average Bonchev–Trinajstić information content (AvgIpc) is 2.30. The van der Waals surface area contributed by atoms with Gasteiger partial charge in [0.15, 0.2) is 0 Å². The Bertz CT molecular complexity index is 616. The molecule has 0 radical (unpaired) electrons. The van der Waals surface area contributed by atoms with Gasteiger partial charge >= 0.3 is 5.97 Å². The van der Waals surface area contributed by atoms with Gasteiger partial charge in [-0.2, -0.15) is 0 Å². The van der Waals surface area contributed by atoms with Gasteiger partial charge in [-0.3, -0.25) is 0 Å². The molecule has 0 aliphatic carbocycles. The van der Waals surface area contributed by atoms with Crippen LogP contribution in [0.2, 0.25) is 0 Å². The van der Waals surface area contributed by atoms with Crippen LogP contribution in [0.3, 0.4) is 0 Å². The predicted molar refractivity (Wildman–Crippen MR) is 65.2 cm³/mol. The molecule has 2 aromatic rings. The third kappa shape index (κ3) is 1.61. The molecule has 0 amide bonds. The Kier molecular flexibility index (Phi) is 2.75. The number of carbonyl (C=O) groups excluding carboxylic acids is 1. The molecule has 16 heavy (non-hydrogen) atoms. The topological polar surface area (TPSA) is 42.1 Å². The summed E-state index contributed by atoms with van der Waals surface area (Å²) in [5, 5.41) is 0.834. The van der Waals surface area contributed by atoms with Crippen molar-refractivity contribution in [2.24, 2.45) is 0 Å². The van der Waals surface area contributed by atoms with E-state index in [1.165, 1.54) is 7.11 Å². The van der Waals surface area contributed by atoms with Crippen molar-refractivity contribution in [2.45, 2.75) is 6.92 Å². The number of esters is 1. The van der Waals surface area contributed by atoms with Crippen LogP contribution in [0, 0.1) is 11.6 Å². The van der Waals surface area contributed by atoms with Gasteiger partial charge in [0, 0.05) is 10.9 Å². The largest absolute Gasteiger partial charge is 0.465 e. The van der Waals surface area contributed by atoms with E-state index in [0.717, 1.165) is 16.5 Å². The number of aromatic amines is 1. The third-order valence-electron chi connectivity index (χ3n) is 2.55. The Morgan fingerprint density at radius 3 is 2.75 bits per heavy atom. The van der Waals surface area contributed by atoms with Gasteiger partial charge in [-0.05, 0) is 18.6 Å². The highest BCUT2D eigenvalue weighted by molar-refractivity contribution is 7.71. The highest BCUT2D eigenvalue weighted by atomic mass is 32.1. The zero-order valence-corrected chi connectivity index (χ0v) is 9.85. The number of pyridine rings is 1. The Labute approximate surface area is 98.1 Å². The van der Waals surface area contributed by atoms with Gasteiger partial charge in [-0.15, -0.1) is 0 Å². The first-order valence-corrected chi connectivity index (χ1v) is 5.26. The molecule has 0 saturated carbocycles. The summed E-state index contributed by atoms with van der Waals surface area (Å²) in [6.07, 6.45) is 0. The van der Waals surface area contributed by atoms with Crippen LogP contribution in [-0.2, 0) is 4.74 Å². The van der Waals surface area contributed by atoms with Crippen LogP contribution in [0.5, 0.6) is 0 Å². The number of rotatable bonds is 1. The maximum Gasteiger partial charge on any atom is 0.338 e. The molecule has 1 aromatic heterocycles. The van der Waals surface area contributed by atoms with E-state index >= 15 is 0 Å². The van der Waals surface area contributed by atoms with Gasteiger partial charge < -0.3 is 9.72 Å². The van der Waals surface area contributed by atoms with Crippen LogP contribution in [0.15, 0.2) is 24.3 Å². The van der Waals surface area contributed by atoms with E-state index in [0.29, 0.717) is 10.2 Å². The summed E-state index contributed by atoms with van der Waals surface area (Å²) in [5.41, 5.74) is 2.14. The molecule has 82 valence electrons. The summed E-state index contributed by atoms with van der Waals surface area (Å²) in [6.45, 7) is 1.82. The summed E-state index contributed by atoms with van der Waals surface area (Å²) in [5.74, 6) is -0.353. The summed E-state index contributed by atoms with van der Waals surface area (Å²) in [4.78, 5) is 14.8. The lowest BCUT2D eigenvalue weighted by molar-refractivity contribution is 0.0602. The number of H-pyrrole nitrogens is 1. The second kappa shape index (κ2) is 4.06. The predicted octanol–water partition coefficient (Wildman–Crippen LogP) is 2.99. The molecule has 0 fully saturated rings. The van der Waals surface area contributed by atoms with Crippen molar-refractivity contribution < 1.29 is 9.53 Å². The number of hydrogen-bond donors (Lipinski definition) is 1. The number of methoxy groups -OCH3 is 1. The number of hydrogen-bond acceptors (Lipinski definition) is 3. The van der Waals surface area contributed by atoms with Crippen molar-refractivity contribution >= 4 is 29.1 Å². The van der Waals surface area contributed by atoms with Gasteiger partial charge in [-0.1, -0.05) is 30.4 Å². The molecule has 1 heterocycles. The zero-order valence-electron chi connectivity index (χ0n) is 9.03. The van der Waals surface area contributed by atoms with Crippen molar-refractivity contribution in [3.63, 3.8) is 0 Å². The summed E-state index contributed by atoms with van der Waals surface area (Å²) >= 11 is 5.17. The van der Waals surface area contributed by atoms with E-state index in [9.17, 15) is 4.79 Å². The fraction of sp³-hybridized carbons (Fsp3) is 0.167. The van der Waals surface area contributed by atoms with Crippen LogP contribution >= 0.6 is 12.2 Å². The van der Waals surface area contributed by atoms with E-state index in [2.05, 4.69) is 4.98 Å². The van der Waals surface area contributed by atoms with Crippen LogP contribution in [0.4, 0.5) is 0 Å². The van der Waals surface area contributed by atoms with Crippen LogP contribution < -0.4 is 0 Å². The summed E-state index contributed by atoms with van der Waals surface area (Å²) in [6, 6.07) is 7.53. The minimum atomic E-state index is -0.353. The standard InChI is InChI=1S/C12H11NO2S/c1-7-10(12(14)15-2)8-5-3-4-6-9(8)13-11(7)16/h3-6H,1-2H3,(H,13,16). The van der Waals surface area contributed by atoms with Crippen molar-refractivity contribution in [1.29, 1.82) is 0 Å². The summed E-state index contributed by atoms with van der Waals surface area (Å²) < 4.78 is 5.35. The van der Waals surface area contributed by atoms with Crippen LogP contribution in [-0.4, -0.2) is 18.1 Å². The first kappa shape index (κ1) is 10.8. The smallest absolute Gasteiger partial charge is 0.338 e. The molecule has 0 aliphatic rings. The molecule has 3 nitrogen and oxygen atoms in total. The Balaban J connectivity index is 2.92. The fourth-order valence-electron chi connectivity index (χ4n) is 1.71. The van der Waals surface area contributed by atoms with Gasteiger partial charge in [0.25, 0.3) is 0 Å². The number of benzene rings is 1. The zero-order chi connectivity index (χ0) is 11.7. The monoisotopic (exact) mass is 233 g/mol. The van der Waals surface area contributed by atoms with Crippen molar-refractivity contribution in [2.75, 3.05) is 7.11 Å². The maximum atomic E-state index is 11.7. The van der Waals surface area contributed by atoms with Gasteiger partial charge in [0.2, 0.25) is 0 Å². The van der Waals surface area contributed by atoms with E-state index < -0.39 is 0 Å². The maximum absolute atomic E-state index is 11.7. The molecule has 2 rings (SSSR count). The lowest BCUT2D eigenvalue weighted by Crippen LogP contribution is -2.06. The molecular formula is C12H11NO2S. The molecule has 0 saturated heterocycles. The summed E-state index contributed by atoms with van der Waals surface area (Å²) in [7, 11) is 1.37. The number of carbonyl (C=O) groups is 1. The lowest BCUT2D eigenvalue weighted by Gasteiger charge is -2.08. The van der Waals surface area contributed by atoms with Gasteiger partial charge in [0.1, 0.15) is 4.64 Å². The molecule has 0 atom stereocenters. The van der Waals surface area contributed by atoms with Gasteiger partial charge in [-0.25, -0.2) is 4.79 Å². The number of aromatic nitrogens is 1. The Morgan fingerprint density at radius 1 is 1.38 bits per heavy atom. The molecule has 1 aromatic carbocycles. The Hall–Kier alpha value is -1.68. The minimum absolute atomic E-state index is 0.353. The molecule has 0 bridgehead atoms. The molecule has 4 heteroatoms. The molecule has 1 N–H and O–H groups in total. The normalized spacial score (nSPS) is 10.4.